The van der Waals surface area contributed by atoms with Gasteiger partial charge in [0.25, 0.3) is 11.8 Å². The molecule has 1 aromatic carbocycles. The van der Waals surface area contributed by atoms with E-state index in [1.165, 1.54) is 0 Å². The van der Waals surface area contributed by atoms with Crippen LogP contribution in [0.2, 0.25) is 0 Å². The van der Waals surface area contributed by atoms with Crippen molar-refractivity contribution in [2.24, 2.45) is 0 Å². The summed E-state index contributed by atoms with van der Waals surface area (Å²) < 4.78 is 0. The maximum atomic E-state index is 11.1. The summed E-state index contributed by atoms with van der Waals surface area (Å²) >= 11 is 0. The van der Waals surface area contributed by atoms with E-state index in [1.54, 1.807) is 24.3 Å². The Balaban J connectivity index is 2.62. The summed E-state index contributed by atoms with van der Waals surface area (Å²) in [5, 5.41) is 0. The van der Waals surface area contributed by atoms with E-state index >= 15 is 0 Å². The van der Waals surface area contributed by atoms with Gasteiger partial charge in [-0.15, -0.1) is 5.43 Å². The lowest BCUT2D eigenvalue weighted by Crippen LogP contribution is -2.41. The Morgan fingerprint density at radius 1 is 1.08 bits per heavy atom. The standard InChI is InChI=1S/C8H5N2O2/c11-7-5-3-1-2-4-6(5)8(12)10-9-7/h1-4H,(H,9,11). The smallest absolute Gasteiger partial charge is 0.267 e. The third-order valence-electron chi connectivity index (χ3n) is 1.66. The van der Waals surface area contributed by atoms with Gasteiger partial charge in [0.1, 0.15) is 0 Å². The van der Waals surface area contributed by atoms with Crippen LogP contribution in [0.5, 0.6) is 0 Å². The second-order valence-electron chi connectivity index (χ2n) is 2.40. The highest BCUT2D eigenvalue weighted by Gasteiger charge is 2.23. The van der Waals surface area contributed by atoms with Gasteiger partial charge in [-0.05, 0) is 12.1 Å². The minimum absolute atomic E-state index is 0.329. The molecule has 1 aliphatic rings. The quantitative estimate of drug-likeness (QED) is 0.586. The number of carbonyl (C=O) groups excluding carboxylic acids is 2. The molecular formula is C8H5N2O2. The zero-order valence-electron chi connectivity index (χ0n) is 6.07. The number of nitrogens with zero attached hydrogens (tertiary/aromatic N) is 1. The van der Waals surface area contributed by atoms with E-state index in [1.807, 2.05) is 0 Å². The highest BCUT2D eigenvalue weighted by molar-refractivity contribution is 6.10. The average Bonchev–Trinajstić information content (AvgIpc) is 2.12. The Kier molecular flexibility index (Phi) is 1.33. The molecule has 0 spiro atoms. The molecule has 0 saturated heterocycles. The summed E-state index contributed by atoms with van der Waals surface area (Å²) in [5.41, 5.74) is 6.19. The van der Waals surface area contributed by atoms with Crippen LogP contribution in [0.4, 0.5) is 0 Å². The van der Waals surface area contributed by atoms with Crippen molar-refractivity contribution in [3.05, 3.63) is 35.4 Å². The summed E-state index contributed by atoms with van der Waals surface area (Å²) in [6, 6.07) is 6.58. The molecule has 0 saturated carbocycles. The molecule has 0 aromatic heterocycles. The van der Waals surface area contributed by atoms with Crippen LogP contribution in [0.15, 0.2) is 24.3 Å². The van der Waals surface area contributed by atoms with E-state index in [0.717, 1.165) is 0 Å². The summed E-state index contributed by atoms with van der Waals surface area (Å²) in [6.45, 7) is 0. The first-order chi connectivity index (χ1) is 5.79. The fourth-order valence-corrected chi connectivity index (χ4v) is 1.09. The Morgan fingerprint density at radius 2 is 1.75 bits per heavy atom. The van der Waals surface area contributed by atoms with Crippen molar-refractivity contribution in [1.82, 2.24) is 10.9 Å². The third kappa shape index (κ3) is 0.852. The van der Waals surface area contributed by atoms with Crippen molar-refractivity contribution < 1.29 is 9.59 Å². The van der Waals surface area contributed by atoms with Gasteiger partial charge >= 0.3 is 0 Å². The Hall–Kier alpha value is -1.84. The number of amides is 2. The topological polar surface area (TPSA) is 60.3 Å². The third-order valence-corrected chi connectivity index (χ3v) is 1.66. The average molecular weight is 161 g/mol. The molecule has 1 heterocycles. The van der Waals surface area contributed by atoms with Crippen molar-refractivity contribution in [2.75, 3.05) is 0 Å². The number of fused-ring (bicyclic) bond motifs is 1. The van der Waals surface area contributed by atoms with Gasteiger partial charge in [0.15, 0.2) is 0 Å². The van der Waals surface area contributed by atoms with Gasteiger partial charge < -0.3 is 0 Å². The lowest BCUT2D eigenvalue weighted by molar-refractivity contribution is 0.0811. The van der Waals surface area contributed by atoms with Gasteiger partial charge in [-0.25, -0.2) is 5.43 Å². The number of nitrogens with one attached hydrogen (secondary N) is 1. The minimum Gasteiger partial charge on any atom is -0.267 e. The molecule has 0 atom stereocenters. The van der Waals surface area contributed by atoms with Crippen molar-refractivity contribution in [3.8, 4) is 0 Å². The summed E-state index contributed by atoms with van der Waals surface area (Å²) in [4.78, 5) is 22.1. The number of carbonyl (C=O) groups is 2. The molecule has 0 aliphatic carbocycles. The van der Waals surface area contributed by atoms with Crippen LogP contribution >= 0.6 is 0 Å². The maximum absolute atomic E-state index is 11.1. The molecule has 0 fully saturated rings. The Morgan fingerprint density at radius 3 is 2.42 bits per heavy atom. The van der Waals surface area contributed by atoms with Crippen molar-refractivity contribution >= 4 is 11.8 Å². The van der Waals surface area contributed by atoms with Crippen molar-refractivity contribution in [3.63, 3.8) is 0 Å². The Labute approximate surface area is 68.5 Å². The van der Waals surface area contributed by atoms with Gasteiger partial charge in [0.2, 0.25) is 0 Å². The van der Waals surface area contributed by atoms with E-state index in [9.17, 15) is 9.59 Å². The van der Waals surface area contributed by atoms with Crippen LogP contribution < -0.4 is 10.9 Å². The maximum Gasteiger partial charge on any atom is 0.294 e. The van der Waals surface area contributed by atoms with Gasteiger partial charge in [0.05, 0.1) is 11.1 Å². The normalized spacial score (nSPS) is 14.7. The second-order valence-corrected chi connectivity index (χ2v) is 2.40. The van der Waals surface area contributed by atoms with E-state index in [-0.39, 0.29) is 5.91 Å². The molecule has 2 rings (SSSR count). The van der Waals surface area contributed by atoms with Crippen LogP contribution in [-0.4, -0.2) is 11.8 Å². The van der Waals surface area contributed by atoms with Gasteiger partial charge in [-0.2, -0.15) is 0 Å². The highest BCUT2D eigenvalue weighted by Crippen LogP contribution is 2.11. The molecule has 4 nitrogen and oxygen atoms in total. The predicted molar refractivity (Wildman–Crippen MR) is 40.4 cm³/mol. The number of hydrogen-bond donors (Lipinski definition) is 1. The van der Waals surface area contributed by atoms with Crippen LogP contribution in [0.3, 0.4) is 0 Å². The monoisotopic (exact) mass is 161 g/mol. The van der Waals surface area contributed by atoms with E-state index in [0.29, 0.717) is 11.1 Å². The second kappa shape index (κ2) is 2.34. The molecule has 1 aliphatic heterocycles. The van der Waals surface area contributed by atoms with Crippen molar-refractivity contribution in [1.29, 1.82) is 0 Å². The molecular weight excluding hydrogens is 156 g/mol. The van der Waals surface area contributed by atoms with E-state index in [2.05, 4.69) is 10.9 Å². The molecule has 12 heavy (non-hydrogen) atoms. The lowest BCUT2D eigenvalue weighted by Gasteiger charge is -2.12. The molecule has 0 bridgehead atoms. The van der Waals surface area contributed by atoms with Gasteiger partial charge in [-0.1, -0.05) is 12.1 Å². The minimum atomic E-state index is -0.398. The number of rotatable bonds is 0. The molecule has 2 amide bonds. The Bertz CT molecular complexity index is 325. The molecule has 4 heteroatoms. The summed E-state index contributed by atoms with van der Waals surface area (Å²) in [7, 11) is 0. The first-order valence-electron chi connectivity index (χ1n) is 3.43. The molecule has 1 aromatic rings. The van der Waals surface area contributed by atoms with Crippen LogP contribution in [0.25, 0.3) is 0 Å². The number of benzene rings is 1. The molecule has 59 valence electrons. The zero-order valence-corrected chi connectivity index (χ0v) is 6.07. The van der Waals surface area contributed by atoms with E-state index in [4.69, 9.17) is 0 Å². The van der Waals surface area contributed by atoms with Crippen LogP contribution in [0.1, 0.15) is 20.7 Å². The predicted octanol–water partition coefficient (Wildman–Crippen LogP) is 0.0896. The van der Waals surface area contributed by atoms with Gasteiger partial charge in [-0.3, -0.25) is 9.59 Å². The summed E-state index contributed by atoms with van der Waals surface area (Å²) in [5.74, 6) is -0.726. The summed E-state index contributed by atoms with van der Waals surface area (Å²) in [6.07, 6.45) is 0. The zero-order chi connectivity index (χ0) is 8.55. The lowest BCUT2D eigenvalue weighted by atomic mass is 10.1. The fourth-order valence-electron chi connectivity index (χ4n) is 1.09. The first kappa shape index (κ1) is 6.84. The molecule has 1 N–H and O–H groups in total. The highest BCUT2D eigenvalue weighted by atomic mass is 16.2. The molecule has 0 unspecified atom stereocenters. The van der Waals surface area contributed by atoms with Gasteiger partial charge in [0, 0.05) is 0 Å². The largest absolute Gasteiger partial charge is 0.294 e. The molecule has 1 radical (unpaired) electrons. The SMILES string of the molecule is O=C1[N]NC(=O)c2ccccc21. The van der Waals surface area contributed by atoms with Crippen molar-refractivity contribution in [2.45, 2.75) is 0 Å². The van der Waals surface area contributed by atoms with Crippen LogP contribution in [-0.2, 0) is 0 Å². The number of hydrogen-bond acceptors (Lipinski definition) is 2. The van der Waals surface area contributed by atoms with E-state index < -0.39 is 5.91 Å². The van der Waals surface area contributed by atoms with Crippen LogP contribution in [0, 0.1) is 0 Å². The fraction of sp³-hybridized carbons (Fsp3) is 0. The first-order valence-corrected chi connectivity index (χ1v) is 3.43.